The Morgan fingerprint density at radius 3 is 0.529 bits per heavy atom. The SMILES string of the molecule is CC(=O)[O-].CC(=O)[O-].CC(=O)[O-].CC(=O)[O-].[Ta+4]. The molecule has 0 atom stereocenters. The molecular formula is C8H12O8Ta. The van der Waals surface area contributed by atoms with Gasteiger partial charge in [0.25, 0.3) is 0 Å². The maximum atomic E-state index is 8.89. The van der Waals surface area contributed by atoms with Gasteiger partial charge in [0.15, 0.2) is 0 Å². The van der Waals surface area contributed by atoms with Gasteiger partial charge in [-0.2, -0.15) is 0 Å². The third-order valence-corrected chi connectivity index (χ3v) is 0. The van der Waals surface area contributed by atoms with Gasteiger partial charge in [-0.15, -0.1) is 0 Å². The molecule has 1 radical (unpaired) electrons. The molecule has 0 unspecified atom stereocenters. The van der Waals surface area contributed by atoms with Crippen LogP contribution in [0.4, 0.5) is 0 Å². The van der Waals surface area contributed by atoms with Crippen molar-refractivity contribution in [1.29, 1.82) is 0 Å². The first kappa shape index (κ1) is 29.6. The van der Waals surface area contributed by atoms with Crippen LogP contribution in [0, 0.1) is 0 Å². The van der Waals surface area contributed by atoms with E-state index in [-0.39, 0.29) is 22.4 Å². The first-order valence-corrected chi connectivity index (χ1v) is 3.63. The number of carbonyl (C=O) groups excluding carboxylic acids is 4. The molecule has 0 amide bonds. The predicted octanol–water partition coefficient (Wildman–Crippen LogP) is -4.98. The van der Waals surface area contributed by atoms with Crippen LogP contribution in [0.15, 0.2) is 0 Å². The van der Waals surface area contributed by atoms with Gasteiger partial charge in [-0.05, 0) is 27.7 Å². The summed E-state index contributed by atoms with van der Waals surface area (Å²) in [5, 5.41) is 35.6. The molecule has 0 aromatic carbocycles. The van der Waals surface area contributed by atoms with Gasteiger partial charge in [-0.25, -0.2) is 0 Å². The molecule has 0 rings (SSSR count). The van der Waals surface area contributed by atoms with Crippen LogP contribution < -0.4 is 20.4 Å². The summed E-state index contributed by atoms with van der Waals surface area (Å²) < 4.78 is 0. The molecule has 8 nitrogen and oxygen atoms in total. The Bertz CT molecular complexity index is 162. The number of carbonyl (C=O) groups is 4. The molecule has 0 aliphatic rings. The van der Waals surface area contributed by atoms with Crippen LogP contribution in [0.5, 0.6) is 0 Å². The maximum Gasteiger partial charge on any atom is 4.00 e. The summed E-state index contributed by atoms with van der Waals surface area (Å²) in [5.74, 6) is -4.33. The summed E-state index contributed by atoms with van der Waals surface area (Å²) >= 11 is 0. The molecule has 0 heterocycles. The van der Waals surface area contributed by atoms with Gasteiger partial charge in [-0.3, -0.25) is 0 Å². The molecule has 0 spiro atoms. The normalized spacial score (nSPS) is 5.88. The number of rotatable bonds is 0. The van der Waals surface area contributed by atoms with E-state index in [4.69, 9.17) is 39.6 Å². The van der Waals surface area contributed by atoms with Crippen molar-refractivity contribution in [3.05, 3.63) is 0 Å². The Labute approximate surface area is 114 Å². The summed E-state index contributed by atoms with van der Waals surface area (Å²) in [6.45, 7) is 3.89. The molecule has 0 aromatic rings. The molecule has 0 saturated heterocycles. The molecule has 0 aromatic heterocycles. The van der Waals surface area contributed by atoms with Crippen LogP contribution in [0.1, 0.15) is 27.7 Å². The van der Waals surface area contributed by atoms with Crippen LogP contribution in [0.2, 0.25) is 0 Å². The van der Waals surface area contributed by atoms with Crippen molar-refractivity contribution in [3.8, 4) is 0 Å². The first-order chi connectivity index (χ1) is 6.93. The van der Waals surface area contributed by atoms with Gasteiger partial charge < -0.3 is 39.6 Å². The van der Waals surface area contributed by atoms with Crippen LogP contribution in [0.25, 0.3) is 0 Å². The minimum Gasteiger partial charge on any atom is -0.550 e. The smallest absolute Gasteiger partial charge is 0.550 e. The number of hydrogen-bond donors (Lipinski definition) is 0. The number of aliphatic carboxylic acids is 4. The first-order valence-electron chi connectivity index (χ1n) is 3.63. The minimum absolute atomic E-state index is 0. The molecule has 0 fully saturated rings. The fourth-order valence-corrected chi connectivity index (χ4v) is 0. The predicted molar refractivity (Wildman–Crippen MR) is 42.7 cm³/mol. The van der Waals surface area contributed by atoms with E-state index >= 15 is 0 Å². The molecule has 0 bridgehead atoms. The summed E-state index contributed by atoms with van der Waals surface area (Å²) in [6, 6.07) is 0. The fraction of sp³-hybridized carbons (Fsp3) is 0.500. The summed E-state index contributed by atoms with van der Waals surface area (Å²) in [6.07, 6.45) is 0. The van der Waals surface area contributed by atoms with E-state index in [9.17, 15) is 0 Å². The Morgan fingerprint density at radius 2 is 0.529 bits per heavy atom. The molecule has 0 aliphatic carbocycles. The second kappa shape index (κ2) is 24.0. The Kier molecular flexibility index (Phi) is 41.9. The molecule has 17 heavy (non-hydrogen) atoms. The molecule has 97 valence electrons. The largest absolute Gasteiger partial charge is 4.00 e. The topological polar surface area (TPSA) is 161 Å². The van der Waals surface area contributed by atoms with Gasteiger partial charge >= 0.3 is 22.4 Å². The van der Waals surface area contributed by atoms with Crippen LogP contribution in [0.3, 0.4) is 0 Å². The minimum atomic E-state index is -1.08. The third kappa shape index (κ3) is 1220. The second-order valence-corrected chi connectivity index (χ2v) is 1.97. The monoisotopic (exact) mass is 417 g/mol. The van der Waals surface area contributed by atoms with Crippen molar-refractivity contribution >= 4 is 23.9 Å². The molecule has 0 aliphatic heterocycles. The van der Waals surface area contributed by atoms with Crippen molar-refractivity contribution in [3.63, 3.8) is 0 Å². The van der Waals surface area contributed by atoms with E-state index in [2.05, 4.69) is 0 Å². The van der Waals surface area contributed by atoms with Gasteiger partial charge in [0.2, 0.25) is 0 Å². The Balaban J connectivity index is -0.0000000369. The average molecular weight is 417 g/mol. The number of hydrogen-bond acceptors (Lipinski definition) is 8. The molecule has 0 saturated carbocycles. The number of carboxylic acid groups (broad SMARTS) is 4. The standard InChI is InChI=1S/4C2H4O2.Ta/c4*1-2(3)4;/h4*1H3,(H,3,4);/q;;;;+4/p-4. The third-order valence-electron chi connectivity index (χ3n) is 0. The van der Waals surface area contributed by atoms with Crippen molar-refractivity contribution in [1.82, 2.24) is 0 Å². The van der Waals surface area contributed by atoms with Gasteiger partial charge in [-0.1, -0.05) is 0 Å². The van der Waals surface area contributed by atoms with Crippen molar-refractivity contribution in [2.45, 2.75) is 27.7 Å². The van der Waals surface area contributed by atoms with E-state index in [0.29, 0.717) is 0 Å². The van der Waals surface area contributed by atoms with E-state index < -0.39 is 23.9 Å². The van der Waals surface area contributed by atoms with Crippen LogP contribution in [-0.2, 0) is 41.6 Å². The van der Waals surface area contributed by atoms with Gasteiger partial charge in [0.1, 0.15) is 0 Å². The van der Waals surface area contributed by atoms with Gasteiger partial charge in [0.05, 0.1) is 0 Å². The van der Waals surface area contributed by atoms with Crippen molar-refractivity contribution in [2.24, 2.45) is 0 Å². The maximum absolute atomic E-state index is 8.89. The van der Waals surface area contributed by atoms with Crippen LogP contribution >= 0.6 is 0 Å². The van der Waals surface area contributed by atoms with Gasteiger partial charge in [0, 0.05) is 23.9 Å². The van der Waals surface area contributed by atoms with E-state index in [0.717, 1.165) is 27.7 Å². The van der Waals surface area contributed by atoms with Crippen molar-refractivity contribution in [2.75, 3.05) is 0 Å². The molecule has 9 heteroatoms. The molecular weight excluding hydrogens is 405 g/mol. The Morgan fingerprint density at radius 1 is 0.529 bits per heavy atom. The van der Waals surface area contributed by atoms with Crippen LogP contribution in [-0.4, -0.2) is 23.9 Å². The number of carboxylic acids is 4. The zero-order chi connectivity index (χ0) is 14.3. The second-order valence-electron chi connectivity index (χ2n) is 1.97. The molecule has 0 N–H and O–H groups in total. The fourth-order valence-electron chi connectivity index (χ4n) is 0. The summed E-state index contributed by atoms with van der Waals surface area (Å²) in [5.41, 5.74) is 0. The zero-order valence-corrected chi connectivity index (χ0v) is 12.9. The average Bonchev–Trinajstić information content (AvgIpc) is 1.76. The Hall–Kier alpha value is -1.38. The quantitative estimate of drug-likeness (QED) is 0.379. The van der Waals surface area contributed by atoms with E-state index in [1.165, 1.54) is 0 Å². The van der Waals surface area contributed by atoms with E-state index in [1.807, 2.05) is 0 Å². The summed E-state index contributed by atoms with van der Waals surface area (Å²) in [7, 11) is 0. The van der Waals surface area contributed by atoms with E-state index in [1.54, 1.807) is 0 Å². The summed E-state index contributed by atoms with van der Waals surface area (Å²) in [4.78, 5) is 35.6. The van der Waals surface area contributed by atoms with Crippen molar-refractivity contribution < 1.29 is 62.0 Å². The zero-order valence-electron chi connectivity index (χ0n) is 9.71.